The minimum atomic E-state index is -0.377. The van der Waals surface area contributed by atoms with Crippen LogP contribution < -0.4 is 5.32 Å². The van der Waals surface area contributed by atoms with E-state index in [4.69, 9.17) is 0 Å². The SMILES string of the molecule is CC(=O)N1CCN(CC(=O)Nc2cccc(F)c2)CC1. The van der Waals surface area contributed by atoms with Crippen molar-refractivity contribution in [2.24, 2.45) is 0 Å². The molecule has 1 heterocycles. The molecule has 5 nitrogen and oxygen atoms in total. The van der Waals surface area contributed by atoms with Crippen molar-refractivity contribution in [1.29, 1.82) is 0 Å². The highest BCUT2D eigenvalue weighted by atomic mass is 19.1. The lowest BCUT2D eigenvalue weighted by molar-refractivity contribution is -0.130. The van der Waals surface area contributed by atoms with Gasteiger partial charge in [-0.25, -0.2) is 4.39 Å². The maximum Gasteiger partial charge on any atom is 0.238 e. The average molecular weight is 279 g/mol. The van der Waals surface area contributed by atoms with Gasteiger partial charge in [-0.2, -0.15) is 0 Å². The van der Waals surface area contributed by atoms with Crippen LogP contribution in [0.2, 0.25) is 0 Å². The smallest absolute Gasteiger partial charge is 0.238 e. The number of hydrogen-bond donors (Lipinski definition) is 1. The Balaban J connectivity index is 1.80. The van der Waals surface area contributed by atoms with E-state index in [9.17, 15) is 14.0 Å². The van der Waals surface area contributed by atoms with Crippen LogP contribution in [0.3, 0.4) is 0 Å². The second kappa shape index (κ2) is 6.47. The van der Waals surface area contributed by atoms with Crippen molar-refractivity contribution in [3.05, 3.63) is 30.1 Å². The summed E-state index contributed by atoms with van der Waals surface area (Å²) in [5.74, 6) is -0.487. The van der Waals surface area contributed by atoms with Gasteiger partial charge in [0, 0.05) is 38.8 Å². The molecule has 1 N–H and O–H groups in total. The quantitative estimate of drug-likeness (QED) is 0.895. The van der Waals surface area contributed by atoms with Crippen molar-refractivity contribution >= 4 is 17.5 Å². The van der Waals surface area contributed by atoms with Crippen molar-refractivity contribution in [2.75, 3.05) is 38.0 Å². The van der Waals surface area contributed by atoms with Crippen LogP contribution in [0.5, 0.6) is 0 Å². The van der Waals surface area contributed by atoms with Crippen LogP contribution in [0.15, 0.2) is 24.3 Å². The van der Waals surface area contributed by atoms with E-state index in [1.165, 1.54) is 12.1 Å². The molecule has 1 saturated heterocycles. The number of anilines is 1. The molecule has 6 heteroatoms. The zero-order valence-electron chi connectivity index (χ0n) is 11.4. The standard InChI is InChI=1S/C14H18FN3O2/c1-11(19)18-7-5-17(6-8-18)10-14(20)16-13-4-2-3-12(15)9-13/h2-4,9H,5-8,10H2,1H3,(H,16,20). The molecule has 0 aromatic heterocycles. The molecule has 0 saturated carbocycles. The van der Waals surface area contributed by atoms with E-state index in [1.807, 2.05) is 4.90 Å². The lowest BCUT2D eigenvalue weighted by Crippen LogP contribution is -2.49. The number of halogens is 1. The second-order valence-electron chi connectivity index (χ2n) is 4.84. The molecule has 1 aliphatic heterocycles. The number of benzene rings is 1. The summed E-state index contributed by atoms with van der Waals surface area (Å²) < 4.78 is 13.0. The van der Waals surface area contributed by atoms with Gasteiger partial charge in [-0.05, 0) is 18.2 Å². The van der Waals surface area contributed by atoms with Crippen LogP contribution in [0.1, 0.15) is 6.92 Å². The highest BCUT2D eigenvalue weighted by Gasteiger charge is 2.20. The molecule has 0 bridgehead atoms. The number of carbonyl (C=O) groups excluding carboxylic acids is 2. The lowest BCUT2D eigenvalue weighted by atomic mass is 10.3. The third kappa shape index (κ3) is 4.03. The Labute approximate surface area is 117 Å². The van der Waals surface area contributed by atoms with E-state index in [1.54, 1.807) is 24.0 Å². The van der Waals surface area contributed by atoms with E-state index in [0.717, 1.165) is 0 Å². The number of carbonyl (C=O) groups is 2. The molecule has 0 atom stereocenters. The van der Waals surface area contributed by atoms with Gasteiger partial charge >= 0.3 is 0 Å². The molecule has 1 fully saturated rings. The number of amides is 2. The molecule has 1 aromatic carbocycles. The number of nitrogens with one attached hydrogen (secondary N) is 1. The van der Waals surface area contributed by atoms with E-state index in [2.05, 4.69) is 5.32 Å². The van der Waals surface area contributed by atoms with Crippen molar-refractivity contribution < 1.29 is 14.0 Å². The van der Waals surface area contributed by atoms with Crippen LogP contribution in [-0.4, -0.2) is 54.3 Å². The van der Waals surface area contributed by atoms with Crippen molar-refractivity contribution in [1.82, 2.24) is 9.80 Å². The van der Waals surface area contributed by atoms with Gasteiger partial charge in [-0.3, -0.25) is 14.5 Å². The molecule has 20 heavy (non-hydrogen) atoms. The van der Waals surface area contributed by atoms with Crippen LogP contribution >= 0.6 is 0 Å². The first kappa shape index (κ1) is 14.5. The van der Waals surface area contributed by atoms with Gasteiger partial charge in [0.1, 0.15) is 5.82 Å². The first-order chi connectivity index (χ1) is 9.54. The Morgan fingerprint density at radius 2 is 1.95 bits per heavy atom. The number of rotatable bonds is 3. The number of hydrogen-bond acceptors (Lipinski definition) is 3. The average Bonchev–Trinajstić information content (AvgIpc) is 2.39. The molecule has 0 spiro atoms. The summed E-state index contributed by atoms with van der Waals surface area (Å²) in [7, 11) is 0. The Kier molecular flexibility index (Phi) is 4.68. The Hall–Kier alpha value is -1.95. The zero-order chi connectivity index (χ0) is 14.5. The van der Waals surface area contributed by atoms with E-state index >= 15 is 0 Å². The molecule has 2 rings (SSSR count). The van der Waals surface area contributed by atoms with E-state index in [-0.39, 0.29) is 24.2 Å². The van der Waals surface area contributed by atoms with Crippen LogP contribution in [0.25, 0.3) is 0 Å². The maximum atomic E-state index is 13.0. The number of piperazine rings is 1. The maximum absolute atomic E-state index is 13.0. The summed E-state index contributed by atoms with van der Waals surface area (Å²) in [6.07, 6.45) is 0. The second-order valence-corrected chi connectivity index (χ2v) is 4.84. The monoisotopic (exact) mass is 279 g/mol. The first-order valence-electron chi connectivity index (χ1n) is 6.58. The van der Waals surface area contributed by atoms with Crippen molar-refractivity contribution in [3.63, 3.8) is 0 Å². The fourth-order valence-corrected chi connectivity index (χ4v) is 2.19. The molecule has 1 aromatic rings. The minimum Gasteiger partial charge on any atom is -0.340 e. The third-order valence-electron chi connectivity index (χ3n) is 3.29. The molecule has 1 aliphatic rings. The third-order valence-corrected chi connectivity index (χ3v) is 3.29. The first-order valence-corrected chi connectivity index (χ1v) is 6.58. The molecular weight excluding hydrogens is 261 g/mol. The van der Waals surface area contributed by atoms with Crippen molar-refractivity contribution in [2.45, 2.75) is 6.92 Å². The fraction of sp³-hybridized carbons (Fsp3) is 0.429. The Morgan fingerprint density at radius 3 is 2.55 bits per heavy atom. The van der Waals surface area contributed by atoms with Gasteiger partial charge in [0.15, 0.2) is 0 Å². The summed E-state index contributed by atoms with van der Waals surface area (Å²) >= 11 is 0. The molecule has 0 unspecified atom stereocenters. The predicted molar refractivity (Wildman–Crippen MR) is 73.7 cm³/mol. The molecule has 0 radical (unpaired) electrons. The fourth-order valence-electron chi connectivity index (χ4n) is 2.19. The predicted octanol–water partition coefficient (Wildman–Crippen LogP) is 0.928. The Bertz CT molecular complexity index is 499. The van der Waals surface area contributed by atoms with E-state index in [0.29, 0.717) is 31.9 Å². The molecular formula is C14H18FN3O2. The summed E-state index contributed by atoms with van der Waals surface area (Å²) in [6, 6.07) is 5.81. The summed E-state index contributed by atoms with van der Waals surface area (Å²) in [6.45, 7) is 4.44. The molecule has 0 aliphatic carbocycles. The molecule has 108 valence electrons. The van der Waals surface area contributed by atoms with Crippen LogP contribution in [0, 0.1) is 5.82 Å². The number of nitrogens with zero attached hydrogens (tertiary/aromatic N) is 2. The topological polar surface area (TPSA) is 52.7 Å². The van der Waals surface area contributed by atoms with E-state index < -0.39 is 0 Å². The minimum absolute atomic E-state index is 0.0638. The Morgan fingerprint density at radius 1 is 1.25 bits per heavy atom. The lowest BCUT2D eigenvalue weighted by Gasteiger charge is -2.33. The summed E-state index contributed by atoms with van der Waals surface area (Å²) in [5, 5.41) is 2.66. The zero-order valence-corrected chi connectivity index (χ0v) is 11.4. The van der Waals surface area contributed by atoms with Crippen LogP contribution in [-0.2, 0) is 9.59 Å². The van der Waals surface area contributed by atoms with Gasteiger partial charge in [-0.15, -0.1) is 0 Å². The van der Waals surface area contributed by atoms with Crippen molar-refractivity contribution in [3.8, 4) is 0 Å². The van der Waals surface area contributed by atoms with Gasteiger partial charge < -0.3 is 10.2 Å². The highest BCUT2D eigenvalue weighted by molar-refractivity contribution is 5.92. The van der Waals surface area contributed by atoms with Gasteiger partial charge in [0.2, 0.25) is 11.8 Å². The highest BCUT2D eigenvalue weighted by Crippen LogP contribution is 2.09. The summed E-state index contributed by atoms with van der Waals surface area (Å²) in [4.78, 5) is 26.8. The molecule has 2 amide bonds. The van der Waals surface area contributed by atoms with Gasteiger partial charge in [0.05, 0.1) is 6.54 Å². The van der Waals surface area contributed by atoms with Gasteiger partial charge in [0.25, 0.3) is 0 Å². The normalized spacial score (nSPS) is 16.0. The largest absolute Gasteiger partial charge is 0.340 e. The van der Waals surface area contributed by atoms with Crippen LogP contribution in [0.4, 0.5) is 10.1 Å². The summed E-state index contributed by atoms with van der Waals surface area (Å²) in [5.41, 5.74) is 0.456. The van der Waals surface area contributed by atoms with Gasteiger partial charge in [-0.1, -0.05) is 6.07 Å².